The molecular formula is C11H22NO3PS. The lowest BCUT2D eigenvalue weighted by molar-refractivity contribution is 0.0997. The Morgan fingerprint density at radius 2 is 2.00 bits per heavy atom. The zero-order valence-electron chi connectivity index (χ0n) is 11.2. The van der Waals surface area contributed by atoms with Crippen molar-refractivity contribution in [1.29, 1.82) is 5.26 Å². The van der Waals surface area contributed by atoms with Crippen molar-refractivity contribution in [2.45, 2.75) is 46.6 Å². The maximum Gasteiger partial charge on any atom is 0.389 e. The van der Waals surface area contributed by atoms with Gasteiger partial charge in [-0.1, -0.05) is 13.8 Å². The molecule has 0 heterocycles. The smallest absolute Gasteiger partial charge is 0.300 e. The molecule has 0 aromatic rings. The highest BCUT2D eigenvalue weighted by Crippen LogP contribution is 2.63. The summed E-state index contributed by atoms with van der Waals surface area (Å²) in [5.74, 6) is 0.755. The fraction of sp³-hybridized carbons (Fsp3) is 0.909. The monoisotopic (exact) mass is 279 g/mol. The minimum absolute atomic E-state index is 0.295. The van der Waals surface area contributed by atoms with Crippen molar-refractivity contribution in [1.82, 2.24) is 0 Å². The highest BCUT2D eigenvalue weighted by molar-refractivity contribution is 8.55. The number of rotatable bonds is 7. The first-order valence-electron chi connectivity index (χ1n) is 5.65. The number of hydrogen-bond acceptors (Lipinski definition) is 5. The number of nitrogens with zero attached hydrogens (tertiary/aromatic N) is 1. The first-order chi connectivity index (χ1) is 7.68. The van der Waals surface area contributed by atoms with Gasteiger partial charge in [-0.05, 0) is 38.1 Å². The van der Waals surface area contributed by atoms with Crippen molar-refractivity contribution in [2.24, 2.45) is 5.92 Å². The van der Waals surface area contributed by atoms with E-state index in [9.17, 15) is 4.57 Å². The van der Waals surface area contributed by atoms with E-state index < -0.39 is 12.4 Å². The third-order valence-electron chi connectivity index (χ3n) is 1.41. The van der Waals surface area contributed by atoms with Gasteiger partial charge in [-0.2, -0.15) is 5.26 Å². The standard InChI is InChI=1S/C11H22NO3PS/c1-10(2)9-14-16(13,15-11(3,4)5)17-8-6-7-12/h10H,6,8-9H2,1-5H3. The van der Waals surface area contributed by atoms with Gasteiger partial charge in [0, 0.05) is 12.2 Å². The summed E-state index contributed by atoms with van der Waals surface area (Å²) in [5.41, 5.74) is -0.522. The summed E-state index contributed by atoms with van der Waals surface area (Å²) in [5, 5.41) is 8.48. The van der Waals surface area contributed by atoms with E-state index in [2.05, 4.69) is 0 Å². The molecule has 0 saturated carbocycles. The number of hydrogen-bond donors (Lipinski definition) is 0. The summed E-state index contributed by atoms with van der Waals surface area (Å²) in [6.45, 7) is 6.72. The second kappa shape index (κ2) is 7.43. The second-order valence-electron chi connectivity index (χ2n) is 5.08. The van der Waals surface area contributed by atoms with Crippen LogP contribution in [0.15, 0.2) is 0 Å². The molecule has 0 radical (unpaired) electrons. The van der Waals surface area contributed by atoms with Crippen molar-refractivity contribution < 1.29 is 13.6 Å². The van der Waals surface area contributed by atoms with Crippen LogP contribution in [0.1, 0.15) is 41.0 Å². The molecule has 0 spiro atoms. The van der Waals surface area contributed by atoms with Crippen LogP contribution in [0, 0.1) is 17.2 Å². The molecule has 0 saturated heterocycles. The van der Waals surface area contributed by atoms with Crippen LogP contribution in [0.2, 0.25) is 0 Å². The molecule has 100 valence electrons. The Balaban J connectivity index is 4.47. The van der Waals surface area contributed by atoms with Crippen LogP contribution in [0.25, 0.3) is 0 Å². The lowest BCUT2D eigenvalue weighted by Gasteiger charge is -2.26. The molecule has 0 bridgehead atoms. The van der Waals surface area contributed by atoms with E-state index in [4.69, 9.17) is 14.3 Å². The van der Waals surface area contributed by atoms with Crippen LogP contribution in [0.4, 0.5) is 0 Å². The van der Waals surface area contributed by atoms with E-state index in [1.807, 2.05) is 40.7 Å². The average Bonchev–Trinajstić information content (AvgIpc) is 2.13. The van der Waals surface area contributed by atoms with E-state index >= 15 is 0 Å². The van der Waals surface area contributed by atoms with E-state index in [0.29, 0.717) is 24.7 Å². The van der Waals surface area contributed by atoms with E-state index in [0.717, 1.165) is 11.4 Å². The van der Waals surface area contributed by atoms with Gasteiger partial charge >= 0.3 is 6.80 Å². The minimum Gasteiger partial charge on any atom is -0.300 e. The maximum atomic E-state index is 12.4. The fourth-order valence-corrected chi connectivity index (χ4v) is 4.79. The van der Waals surface area contributed by atoms with Gasteiger partial charge in [0.05, 0.1) is 18.3 Å². The molecular weight excluding hydrogens is 257 g/mol. The highest BCUT2D eigenvalue weighted by atomic mass is 32.7. The van der Waals surface area contributed by atoms with E-state index in [-0.39, 0.29) is 0 Å². The molecule has 1 unspecified atom stereocenters. The van der Waals surface area contributed by atoms with Crippen molar-refractivity contribution in [3.05, 3.63) is 0 Å². The normalized spacial score (nSPS) is 15.6. The van der Waals surface area contributed by atoms with Crippen LogP contribution < -0.4 is 0 Å². The van der Waals surface area contributed by atoms with Crippen molar-refractivity contribution in [3.63, 3.8) is 0 Å². The lowest BCUT2D eigenvalue weighted by atomic mass is 10.2. The summed E-state index contributed by atoms with van der Waals surface area (Å²) in [4.78, 5) is 0. The van der Waals surface area contributed by atoms with Crippen molar-refractivity contribution >= 4 is 18.2 Å². The molecule has 0 aliphatic rings. The molecule has 6 heteroatoms. The zero-order valence-corrected chi connectivity index (χ0v) is 12.9. The van der Waals surface area contributed by atoms with Crippen LogP contribution in [-0.2, 0) is 13.6 Å². The quantitative estimate of drug-likeness (QED) is 0.515. The Kier molecular flexibility index (Phi) is 7.43. The molecule has 0 aromatic carbocycles. The lowest BCUT2D eigenvalue weighted by Crippen LogP contribution is -2.18. The van der Waals surface area contributed by atoms with Crippen LogP contribution >= 0.6 is 18.2 Å². The van der Waals surface area contributed by atoms with E-state index in [1.54, 1.807) is 0 Å². The second-order valence-corrected chi connectivity index (χ2v) is 9.20. The molecule has 0 aromatic heterocycles. The van der Waals surface area contributed by atoms with Crippen LogP contribution in [0.5, 0.6) is 0 Å². The molecule has 4 nitrogen and oxygen atoms in total. The van der Waals surface area contributed by atoms with Crippen LogP contribution in [0.3, 0.4) is 0 Å². The Labute approximate surface area is 108 Å². The van der Waals surface area contributed by atoms with E-state index in [1.165, 1.54) is 0 Å². The predicted molar refractivity (Wildman–Crippen MR) is 71.9 cm³/mol. The number of nitriles is 1. The van der Waals surface area contributed by atoms with Gasteiger partial charge in [-0.3, -0.25) is 4.52 Å². The predicted octanol–water partition coefficient (Wildman–Crippen LogP) is 4.23. The molecule has 0 amide bonds. The molecule has 0 aliphatic heterocycles. The van der Waals surface area contributed by atoms with Gasteiger partial charge in [-0.15, -0.1) is 0 Å². The first kappa shape index (κ1) is 17.0. The van der Waals surface area contributed by atoms with Gasteiger partial charge < -0.3 is 4.52 Å². The van der Waals surface area contributed by atoms with Crippen LogP contribution in [-0.4, -0.2) is 18.0 Å². The van der Waals surface area contributed by atoms with Gasteiger partial charge in [0.1, 0.15) is 0 Å². The summed E-state index contributed by atoms with van der Waals surface area (Å²) < 4.78 is 23.3. The van der Waals surface area contributed by atoms with Gasteiger partial charge in [0.15, 0.2) is 0 Å². The summed E-state index contributed by atoms with van der Waals surface area (Å²) in [6.07, 6.45) is 0.340. The van der Waals surface area contributed by atoms with Crippen molar-refractivity contribution in [2.75, 3.05) is 12.4 Å². The SMILES string of the molecule is CC(C)COP(=O)(OC(C)(C)C)SCCC#N. The Hall–Kier alpha value is -0.01000. The topological polar surface area (TPSA) is 59.3 Å². The molecule has 0 N–H and O–H groups in total. The minimum atomic E-state index is -3.16. The van der Waals surface area contributed by atoms with Crippen molar-refractivity contribution in [3.8, 4) is 6.07 Å². The Bertz CT molecular complexity index is 307. The maximum absolute atomic E-state index is 12.4. The third kappa shape index (κ3) is 9.67. The molecule has 0 aliphatic carbocycles. The average molecular weight is 279 g/mol. The summed E-state index contributed by atoms with van der Waals surface area (Å²) >= 11 is 1.11. The molecule has 0 fully saturated rings. The Morgan fingerprint density at radius 3 is 2.41 bits per heavy atom. The molecule has 17 heavy (non-hydrogen) atoms. The van der Waals surface area contributed by atoms with Gasteiger partial charge in [0.2, 0.25) is 0 Å². The zero-order chi connectivity index (χ0) is 13.5. The fourth-order valence-electron chi connectivity index (χ4n) is 0.869. The highest BCUT2D eigenvalue weighted by Gasteiger charge is 2.31. The van der Waals surface area contributed by atoms with Gasteiger partial charge in [0.25, 0.3) is 0 Å². The summed E-state index contributed by atoms with van der Waals surface area (Å²) in [6, 6.07) is 2.01. The molecule has 0 rings (SSSR count). The Morgan fingerprint density at radius 1 is 1.41 bits per heavy atom. The third-order valence-corrected chi connectivity index (χ3v) is 5.39. The molecule has 1 atom stereocenters. The van der Waals surface area contributed by atoms with Gasteiger partial charge in [-0.25, -0.2) is 4.57 Å². The largest absolute Gasteiger partial charge is 0.389 e. The first-order valence-corrected chi connectivity index (χ1v) is 8.79. The summed E-state index contributed by atoms with van der Waals surface area (Å²) in [7, 11) is 0.